The standard InChI is InChI=1S/C18H14ClNO2S/c1-12-5-7-14(8-6-12)17-20-16(11-23-17)18(21)22-10-13-3-2-4-15(19)9-13/h2-9,11H,10H2,1H3. The molecule has 0 atom stereocenters. The Morgan fingerprint density at radius 3 is 2.74 bits per heavy atom. The molecule has 0 aliphatic rings. The number of aryl methyl sites for hydroxylation is 1. The minimum absolute atomic E-state index is 0.177. The normalized spacial score (nSPS) is 10.5. The van der Waals surface area contributed by atoms with E-state index in [0.717, 1.165) is 16.1 Å². The topological polar surface area (TPSA) is 39.2 Å². The summed E-state index contributed by atoms with van der Waals surface area (Å²) in [4.78, 5) is 16.4. The first-order valence-electron chi connectivity index (χ1n) is 7.06. The first-order valence-corrected chi connectivity index (χ1v) is 8.32. The number of aromatic nitrogens is 1. The lowest BCUT2D eigenvalue weighted by atomic mass is 10.2. The van der Waals surface area contributed by atoms with Gasteiger partial charge in [-0.25, -0.2) is 9.78 Å². The minimum atomic E-state index is -0.431. The highest BCUT2D eigenvalue weighted by Crippen LogP contribution is 2.24. The molecule has 3 aromatic rings. The summed E-state index contributed by atoms with van der Waals surface area (Å²) in [5.41, 5.74) is 3.35. The zero-order valence-corrected chi connectivity index (χ0v) is 14.0. The van der Waals surface area contributed by atoms with Crippen LogP contribution < -0.4 is 0 Å². The third-order valence-electron chi connectivity index (χ3n) is 3.27. The number of esters is 1. The van der Waals surface area contributed by atoms with E-state index in [2.05, 4.69) is 4.98 Å². The lowest BCUT2D eigenvalue weighted by molar-refractivity contribution is 0.0467. The van der Waals surface area contributed by atoms with Gasteiger partial charge < -0.3 is 4.74 Å². The van der Waals surface area contributed by atoms with E-state index in [9.17, 15) is 4.79 Å². The highest BCUT2D eigenvalue weighted by molar-refractivity contribution is 7.13. The molecule has 1 heterocycles. The van der Waals surface area contributed by atoms with Gasteiger partial charge >= 0.3 is 5.97 Å². The van der Waals surface area contributed by atoms with Gasteiger partial charge in [0.05, 0.1) is 0 Å². The number of hydrogen-bond acceptors (Lipinski definition) is 4. The Hall–Kier alpha value is -2.17. The van der Waals surface area contributed by atoms with Crippen molar-refractivity contribution in [2.45, 2.75) is 13.5 Å². The molecule has 0 N–H and O–H groups in total. The summed E-state index contributed by atoms with van der Waals surface area (Å²) >= 11 is 7.34. The summed E-state index contributed by atoms with van der Waals surface area (Å²) in [7, 11) is 0. The molecule has 3 rings (SSSR count). The van der Waals surface area contributed by atoms with Gasteiger partial charge in [-0.2, -0.15) is 0 Å². The van der Waals surface area contributed by atoms with E-state index in [4.69, 9.17) is 16.3 Å². The number of hydrogen-bond donors (Lipinski definition) is 0. The third-order valence-corrected chi connectivity index (χ3v) is 4.40. The third kappa shape index (κ3) is 3.97. The van der Waals surface area contributed by atoms with Gasteiger partial charge in [-0.15, -0.1) is 11.3 Å². The fraction of sp³-hybridized carbons (Fsp3) is 0.111. The fourth-order valence-electron chi connectivity index (χ4n) is 2.05. The number of thiazole rings is 1. The first-order chi connectivity index (χ1) is 11.1. The summed E-state index contributed by atoms with van der Waals surface area (Å²) < 4.78 is 5.28. The number of rotatable bonds is 4. The smallest absolute Gasteiger partial charge is 0.358 e. The van der Waals surface area contributed by atoms with Crippen molar-refractivity contribution < 1.29 is 9.53 Å². The molecule has 23 heavy (non-hydrogen) atoms. The highest BCUT2D eigenvalue weighted by Gasteiger charge is 2.13. The van der Waals surface area contributed by atoms with Crippen LogP contribution >= 0.6 is 22.9 Å². The van der Waals surface area contributed by atoms with Crippen molar-refractivity contribution in [1.29, 1.82) is 0 Å². The van der Waals surface area contributed by atoms with Gasteiger partial charge in [-0.05, 0) is 24.6 Å². The maximum absolute atomic E-state index is 12.1. The molecule has 0 radical (unpaired) electrons. The molecule has 0 saturated heterocycles. The second-order valence-corrected chi connectivity index (χ2v) is 6.40. The van der Waals surface area contributed by atoms with Crippen LogP contribution in [0.3, 0.4) is 0 Å². The maximum atomic E-state index is 12.1. The van der Waals surface area contributed by atoms with E-state index in [-0.39, 0.29) is 6.61 Å². The van der Waals surface area contributed by atoms with E-state index in [1.165, 1.54) is 16.9 Å². The van der Waals surface area contributed by atoms with Crippen LogP contribution in [0.1, 0.15) is 21.6 Å². The SMILES string of the molecule is Cc1ccc(-c2nc(C(=O)OCc3cccc(Cl)c3)cs2)cc1. The van der Waals surface area contributed by atoms with Crippen molar-refractivity contribution in [1.82, 2.24) is 4.98 Å². The molecule has 0 fully saturated rings. The summed E-state index contributed by atoms with van der Waals surface area (Å²) in [6.45, 7) is 2.21. The van der Waals surface area contributed by atoms with Crippen LogP contribution in [-0.2, 0) is 11.3 Å². The van der Waals surface area contributed by atoms with Crippen molar-refractivity contribution in [2.24, 2.45) is 0 Å². The van der Waals surface area contributed by atoms with E-state index in [1.807, 2.05) is 43.3 Å². The Balaban J connectivity index is 1.67. The van der Waals surface area contributed by atoms with Crippen molar-refractivity contribution in [3.63, 3.8) is 0 Å². The summed E-state index contributed by atoms with van der Waals surface area (Å²) in [6, 6.07) is 15.3. The maximum Gasteiger partial charge on any atom is 0.358 e. The molecule has 2 aromatic carbocycles. The van der Waals surface area contributed by atoms with E-state index >= 15 is 0 Å². The molecule has 0 aliphatic carbocycles. The lowest BCUT2D eigenvalue weighted by Gasteiger charge is -2.03. The van der Waals surface area contributed by atoms with Crippen molar-refractivity contribution >= 4 is 28.9 Å². The van der Waals surface area contributed by atoms with Crippen molar-refractivity contribution in [3.8, 4) is 10.6 Å². The fourth-order valence-corrected chi connectivity index (χ4v) is 3.05. The molecule has 3 nitrogen and oxygen atoms in total. The van der Waals surface area contributed by atoms with Gasteiger partial charge in [0.2, 0.25) is 0 Å². The van der Waals surface area contributed by atoms with Gasteiger partial charge in [0.15, 0.2) is 5.69 Å². The zero-order valence-electron chi connectivity index (χ0n) is 12.5. The Bertz CT molecular complexity index is 827. The monoisotopic (exact) mass is 343 g/mol. The summed E-state index contributed by atoms with van der Waals surface area (Å²) in [5.74, 6) is -0.431. The van der Waals surface area contributed by atoms with Crippen LogP contribution in [0.4, 0.5) is 0 Å². The first kappa shape index (κ1) is 15.7. The second-order valence-electron chi connectivity index (χ2n) is 5.11. The molecular weight excluding hydrogens is 330 g/mol. The molecule has 0 unspecified atom stereocenters. The largest absolute Gasteiger partial charge is 0.456 e. The number of carbonyl (C=O) groups is 1. The van der Waals surface area contributed by atoms with Gasteiger partial charge in [0, 0.05) is 16.0 Å². The number of ether oxygens (including phenoxy) is 1. The number of nitrogens with zero attached hydrogens (tertiary/aromatic N) is 1. The minimum Gasteiger partial charge on any atom is -0.456 e. The zero-order chi connectivity index (χ0) is 16.2. The van der Waals surface area contributed by atoms with Crippen LogP contribution in [0.15, 0.2) is 53.9 Å². The van der Waals surface area contributed by atoms with Crippen LogP contribution in [0, 0.1) is 6.92 Å². The predicted octanol–water partition coefficient (Wildman–Crippen LogP) is 5.13. The van der Waals surface area contributed by atoms with Crippen LogP contribution in [0.5, 0.6) is 0 Å². The van der Waals surface area contributed by atoms with E-state index in [1.54, 1.807) is 17.5 Å². The molecule has 0 saturated carbocycles. The van der Waals surface area contributed by atoms with Crippen LogP contribution in [0.2, 0.25) is 5.02 Å². The average Bonchev–Trinajstić information content (AvgIpc) is 3.03. The highest BCUT2D eigenvalue weighted by atomic mass is 35.5. The molecule has 0 bridgehead atoms. The summed E-state index contributed by atoms with van der Waals surface area (Å²) in [5, 5.41) is 3.14. The number of carbonyl (C=O) groups excluding carboxylic acids is 1. The number of benzene rings is 2. The van der Waals surface area contributed by atoms with Crippen LogP contribution in [0.25, 0.3) is 10.6 Å². The Labute approximate surface area is 143 Å². The van der Waals surface area contributed by atoms with Crippen molar-refractivity contribution in [3.05, 3.63) is 75.8 Å². The van der Waals surface area contributed by atoms with Gasteiger partial charge in [-0.1, -0.05) is 53.6 Å². The average molecular weight is 344 g/mol. The Kier molecular flexibility index (Phi) is 4.74. The molecule has 0 aliphatic heterocycles. The molecule has 0 spiro atoms. The van der Waals surface area contributed by atoms with E-state index in [0.29, 0.717) is 10.7 Å². The Morgan fingerprint density at radius 2 is 2.00 bits per heavy atom. The molecule has 116 valence electrons. The predicted molar refractivity (Wildman–Crippen MR) is 92.9 cm³/mol. The molecular formula is C18H14ClNO2S. The van der Waals surface area contributed by atoms with Gasteiger partial charge in [-0.3, -0.25) is 0 Å². The molecule has 1 aromatic heterocycles. The lowest BCUT2D eigenvalue weighted by Crippen LogP contribution is -2.05. The quantitative estimate of drug-likeness (QED) is 0.616. The summed E-state index contributed by atoms with van der Waals surface area (Å²) in [6.07, 6.45) is 0. The number of halogens is 1. The second kappa shape index (κ2) is 6.94. The van der Waals surface area contributed by atoms with Gasteiger partial charge in [0.25, 0.3) is 0 Å². The van der Waals surface area contributed by atoms with E-state index < -0.39 is 5.97 Å². The van der Waals surface area contributed by atoms with Gasteiger partial charge in [0.1, 0.15) is 11.6 Å². The Morgan fingerprint density at radius 1 is 1.22 bits per heavy atom. The van der Waals surface area contributed by atoms with Crippen molar-refractivity contribution in [2.75, 3.05) is 0 Å². The molecule has 0 amide bonds. The van der Waals surface area contributed by atoms with Crippen LogP contribution in [-0.4, -0.2) is 11.0 Å². The molecule has 5 heteroatoms.